The van der Waals surface area contributed by atoms with Crippen LogP contribution in [0.25, 0.3) is 22.3 Å². The lowest BCUT2D eigenvalue weighted by Gasteiger charge is -2.46. The van der Waals surface area contributed by atoms with Gasteiger partial charge < -0.3 is 19.1 Å². The van der Waals surface area contributed by atoms with E-state index in [0.29, 0.717) is 60.3 Å². The number of hydrogen-bond acceptors (Lipinski definition) is 11. The van der Waals surface area contributed by atoms with Crippen LogP contribution in [0.4, 0.5) is 17.3 Å². The Bertz CT molecular complexity index is 2540. The van der Waals surface area contributed by atoms with Crippen LogP contribution in [0.5, 0.6) is 5.88 Å². The maximum atomic E-state index is 14.0. The van der Waals surface area contributed by atoms with Crippen molar-refractivity contribution in [2.24, 2.45) is 24.8 Å². The average Bonchev–Trinajstić information content (AvgIpc) is 3.89. The maximum absolute atomic E-state index is 14.0. The van der Waals surface area contributed by atoms with Crippen LogP contribution in [-0.4, -0.2) is 104 Å². The number of piperidine rings is 1. The number of amides is 3. The van der Waals surface area contributed by atoms with Gasteiger partial charge in [-0.25, -0.2) is 9.67 Å². The third-order valence-corrected chi connectivity index (χ3v) is 13.6. The number of carbonyl (C=O) groups excluding carboxylic acids is 3. The number of benzene rings is 1. The number of imide groups is 1. The molecule has 3 saturated heterocycles. The summed E-state index contributed by atoms with van der Waals surface area (Å²) in [4.78, 5) is 60.4. The maximum Gasteiger partial charge on any atom is 0.258 e. The Hall–Kier alpha value is -5.83. The molecule has 3 amide bonds. The minimum absolute atomic E-state index is 0.205. The molecule has 0 radical (unpaired) electrons. The fourth-order valence-corrected chi connectivity index (χ4v) is 10.6. The van der Waals surface area contributed by atoms with Gasteiger partial charge in [0.15, 0.2) is 0 Å². The van der Waals surface area contributed by atoms with Crippen LogP contribution < -0.4 is 25.2 Å². The number of imidazole rings is 1. The van der Waals surface area contributed by atoms with E-state index >= 15 is 0 Å². The SMILES string of the molecule is Cc1cc2cc(n1)-c1c(C)nn(C)c1OC[C@H]1CC[C@H](C1)Cn1c(nc3ccc(N4CCN(CC5CN(c6c(C)cc(C7CCC(=O)NC7=O)nc6C)C5)CC4)cc31)NC2=O. The molecule has 1 saturated carbocycles. The van der Waals surface area contributed by atoms with Crippen LogP contribution in [0.15, 0.2) is 36.4 Å². The molecule has 3 atom stereocenters. The van der Waals surface area contributed by atoms with E-state index in [9.17, 15) is 14.4 Å². The molecule has 0 spiro atoms. The lowest BCUT2D eigenvalue weighted by atomic mass is 9.92. The van der Waals surface area contributed by atoms with Crippen molar-refractivity contribution in [1.82, 2.24) is 39.5 Å². The van der Waals surface area contributed by atoms with Crippen LogP contribution in [0.3, 0.4) is 0 Å². The van der Waals surface area contributed by atoms with Gasteiger partial charge in [-0.1, -0.05) is 0 Å². The summed E-state index contributed by atoms with van der Waals surface area (Å²) in [6.45, 7) is 16.3. The minimum atomic E-state index is -0.371. The summed E-state index contributed by atoms with van der Waals surface area (Å²) in [5.41, 5.74) is 10.7. The molecule has 1 aliphatic carbocycles. The first-order valence-corrected chi connectivity index (χ1v) is 21.9. The molecular formula is C46H55N11O4. The average molecular weight is 826 g/mol. The summed E-state index contributed by atoms with van der Waals surface area (Å²) in [5.74, 6) is 1.66. The Morgan fingerprint density at radius 1 is 0.820 bits per heavy atom. The Labute approximate surface area is 355 Å². The number of rotatable bonds is 5. The molecule has 10 rings (SSSR count). The van der Waals surface area contributed by atoms with Crippen molar-refractivity contribution >= 4 is 46.1 Å². The Balaban J connectivity index is 0.820. The monoisotopic (exact) mass is 825 g/mol. The smallest absolute Gasteiger partial charge is 0.258 e. The third kappa shape index (κ3) is 7.50. The third-order valence-electron chi connectivity index (χ3n) is 13.6. The highest BCUT2D eigenvalue weighted by molar-refractivity contribution is 6.05. The van der Waals surface area contributed by atoms with E-state index in [2.05, 4.69) is 60.1 Å². The highest BCUT2D eigenvalue weighted by Gasteiger charge is 2.35. The summed E-state index contributed by atoms with van der Waals surface area (Å²) >= 11 is 0. The molecule has 4 aliphatic heterocycles. The van der Waals surface area contributed by atoms with Crippen molar-refractivity contribution in [2.45, 2.75) is 72.3 Å². The van der Waals surface area contributed by atoms with Crippen molar-refractivity contribution in [3.8, 4) is 17.1 Å². The normalized spacial score (nSPS) is 22.5. The van der Waals surface area contributed by atoms with Crippen LogP contribution in [0.2, 0.25) is 0 Å². The van der Waals surface area contributed by atoms with E-state index in [4.69, 9.17) is 19.7 Å². The second-order valence-corrected chi connectivity index (χ2v) is 18.2. The summed E-state index contributed by atoms with van der Waals surface area (Å²) in [6.07, 6.45) is 4.07. The van der Waals surface area contributed by atoms with Gasteiger partial charge in [0.1, 0.15) is 0 Å². The van der Waals surface area contributed by atoms with Crippen molar-refractivity contribution in [3.63, 3.8) is 0 Å². The van der Waals surface area contributed by atoms with Crippen LogP contribution in [0, 0.1) is 45.4 Å². The number of piperazine rings is 1. The zero-order valence-electron chi connectivity index (χ0n) is 35.8. The lowest BCUT2D eigenvalue weighted by molar-refractivity contribution is -0.134. The van der Waals surface area contributed by atoms with E-state index in [1.165, 1.54) is 11.4 Å². The lowest BCUT2D eigenvalue weighted by Crippen LogP contribution is -2.55. The molecule has 318 valence electrons. The van der Waals surface area contributed by atoms with Gasteiger partial charge in [0.25, 0.3) is 5.91 Å². The quantitative estimate of drug-likeness (QED) is 0.222. The molecule has 2 N–H and O–H groups in total. The van der Waals surface area contributed by atoms with Crippen molar-refractivity contribution in [3.05, 3.63) is 70.3 Å². The van der Waals surface area contributed by atoms with Gasteiger partial charge in [-0.3, -0.25) is 39.9 Å². The predicted molar refractivity (Wildman–Crippen MR) is 233 cm³/mol. The minimum Gasteiger partial charge on any atom is -0.477 e. The molecule has 15 nitrogen and oxygen atoms in total. The first kappa shape index (κ1) is 39.3. The molecule has 15 heteroatoms. The number of fused-ring (bicyclic) bond motifs is 9. The van der Waals surface area contributed by atoms with Crippen molar-refractivity contribution in [2.75, 3.05) is 67.5 Å². The number of hydrogen-bond donors (Lipinski definition) is 2. The van der Waals surface area contributed by atoms with Gasteiger partial charge in [0.05, 0.1) is 57.6 Å². The van der Waals surface area contributed by atoms with Crippen LogP contribution in [0.1, 0.15) is 76.7 Å². The molecule has 61 heavy (non-hydrogen) atoms. The highest BCUT2D eigenvalue weighted by Crippen LogP contribution is 2.39. The molecule has 4 aromatic heterocycles. The largest absolute Gasteiger partial charge is 0.477 e. The van der Waals surface area contributed by atoms with E-state index in [1.54, 1.807) is 4.68 Å². The number of carbonyl (C=O) groups is 3. The van der Waals surface area contributed by atoms with Gasteiger partial charge in [-0.15, -0.1) is 0 Å². The van der Waals surface area contributed by atoms with Crippen LogP contribution in [-0.2, 0) is 23.2 Å². The summed E-state index contributed by atoms with van der Waals surface area (Å²) < 4.78 is 10.5. The highest BCUT2D eigenvalue weighted by atomic mass is 16.5. The van der Waals surface area contributed by atoms with Crippen molar-refractivity contribution in [1.29, 1.82) is 0 Å². The molecule has 8 heterocycles. The standard InChI is InChI=1S/C46H55N11O4/c1-26-16-37(35-9-11-40(58)50-44(35)60)48-29(4)42(26)56-22-32(23-56)21-54-12-14-55(15-13-54)34-8-10-36-39(20-34)57-24-30-6-7-31(18-30)25-61-45-41(28(3)52-53(45)5)38-19-33(17-27(2)47-38)43(59)51-46(57)49-36/h8,10,16-17,19-20,30-32,35H,6-7,9,11-15,18,21-25H2,1-5H3,(H,49,51,59)(H,50,58,60)/t30-,31+,35?/m1/s1. The molecule has 4 bridgehead atoms. The fraction of sp³-hybridized carbons (Fsp3) is 0.500. The van der Waals surface area contributed by atoms with Gasteiger partial charge in [0.2, 0.25) is 23.6 Å². The zero-order valence-corrected chi connectivity index (χ0v) is 35.8. The van der Waals surface area contributed by atoms with E-state index in [1.807, 2.05) is 46.0 Å². The molecular weight excluding hydrogens is 771 g/mol. The molecule has 1 unspecified atom stereocenters. The van der Waals surface area contributed by atoms with Gasteiger partial charge >= 0.3 is 0 Å². The number of pyridine rings is 2. The molecule has 1 aromatic carbocycles. The number of nitrogens with one attached hydrogen (secondary N) is 2. The predicted octanol–water partition coefficient (Wildman–Crippen LogP) is 5.30. The Kier molecular flexibility index (Phi) is 10.0. The second-order valence-electron chi connectivity index (χ2n) is 18.2. The number of ether oxygens (including phenoxy) is 1. The second kappa shape index (κ2) is 15.6. The Morgan fingerprint density at radius 3 is 2.41 bits per heavy atom. The van der Waals surface area contributed by atoms with E-state index in [-0.39, 0.29) is 23.6 Å². The van der Waals surface area contributed by atoms with Crippen LogP contribution >= 0.6 is 0 Å². The summed E-state index contributed by atoms with van der Waals surface area (Å²) in [5, 5.41) is 10.3. The van der Waals surface area contributed by atoms with E-state index < -0.39 is 0 Å². The molecule has 5 aromatic rings. The number of nitrogens with zero attached hydrogens (tertiary/aromatic N) is 9. The number of aryl methyl sites for hydroxylation is 5. The summed E-state index contributed by atoms with van der Waals surface area (Å²) in [7, 11) is 1.90. The van der Waals surface area contributed by atoms with E-state index in [0.717, 1.165) is 117 Å². The fourth-order valence-electron chi connectivity index (χ4n) is 10.6. The summed E-state index contributed by atoms with van der Waals surface area (Å²) in [6, 6.07) is 12.2. The molecule has 4 fully saturated rings. The van der Waals surface area contributed by atoms with Gasteiger partial charge in [-0.2, -0.15) is 5.10 Å². The van der Waals surface area contributed by atoms with Crippen molar-refractivity contribution < 1.29 is 19.1 Å². The number of aromatic nitrogens is 6. The van der Waals surface area contributed by atoms with Gasteiger partial charge in [0, 0.05) is 88.7 Å². The number of anilines is 3. The zero-order chi connectivity index (χ0) is 42.1. The first-order chi connectivity index (χ1) is 29.4. The molecule has 5 aliphatic rings. The topological polar surface area (TPSA) is 156 Å². The van der Waals surface area contributed by atoms with Gasteiger partial charge in [-0.05, 0) is 107 Å². The first-order valence-electron chi connectivity index (χ1n) is 21.9. The Morgan fingerprint density at radius 2 is 1.62 bits per heavy atom.